The molecule has 6 rings (SSSR count). The van der Waals surface area contributed by atoms with E-state index >= 15 is 0 Å². The Morgan fingerprint density at radius 1 is 1.10 bits per heavy atom. The van der Waals surface area contributed by atoms with Crippen LogP contribution in [0, 0.1) is 11.8 Å². The number of nitrogens with zero attached hydrogens (tertiary/aromatic N) is 5. The van der Waals surface area contributed by atoms with E-state index in [1.165, 1.54) is 12.8 Å². The highest BCUT2D eigenvalue weighted by Crippen LogP contribution is 2.36. The molecule has 1 saturated heterocycles. The number of amides is 1. The van der Waals surface area contributed by atoms with Gasteiger partial charge in [0.1, 0.15) is 11.2 Å². The fraction of sp³-hybridized carbons (Fsp3) is 0.484. The van der Waals surface area contributed by atoms with Crippen LogP contribution < -0.4 is 5.73 Å². The van der Waals surface area contributed by atoms with E-state index in [2.05, 4.69) is 26.3 Å². The Hall–Kier alpha value is -3.72. The topological polar surface area (TPSA) is 108 Å². The summed E-state index contributed by atoms with van der Waals surface area (Å²) in [6.07, 6.45) is 5.28. The molecule has 1 aromatic carbocycles. The van der Waals surface area contributed by atoms with Gasteiger partial charge in [0.2, 0.25) is 0 Å². The highest BCUT2D eigenvalue weighted by atomic mass is 16.6. The number of hydrogen-bond acceptors (Lipinski definition) is 6. The van der Waals surface area contributed by atoms with Crippen molar-refractivity contribution in [2.24, 2.45) is 24.6 Å². The molecule has 1 aliphatic heterocycles. The molecule has 0 bridgehead atoms. The van der Waals surface area contributed by atoms with Crippen molar-refractivity contribution in [2.75, 3.05) is 13.1 Å². The lowest BCUT2D eigenvalue weighted by Crippen LogP contribution is -2.50. The SMILES string of the molecule is Cn1c(-c2cc3cccnc3n2CC2CC2)nc2cc(C(=O)N3C[C@@H](N)C[C@@H](CC(=O)OC(C)(C)C)C3)ccc21. The van der Waals surface area contributed by atoms with Crippen molar-refractivity contribution in [2.45, 2.75) is 64.6 Å². The predicted octanol–water partition coefficient (Wildman–Crippen LogP) is 4.52. The number of piperidine rings is 1. The Morgan fingerprint density at radius 3 is 2.65 bits per heavy atom. The van der Waals surface area contributed by atoms with Gasteiger partial charge in [0.25, 0.3) is 5.91 Å². The van der Waals surface area contributed by atoms with Gasteiger partial charge in [-0.05, 0) is 88.3 Å². The summed E-state index contributed by atoms with van der Waals surface area (Å²) in [4.78, 5) is 37.5. The van der Waals surface area contributed by atoms with Gasteiger partial charge in [-0.2, -0.15) is 0 Å². The molecule has 9 heteroatoms. The second kappa shape index (κ2) is 10.0. The average Bonchev–Trinajstić information content (AvgIpc) is 3.56. The van der Waals surface area contributed by atoms with Gasteiger partial charge in [0.05, 0.1) is 23.1 Å². The summed E-state index contributed by atoms with van der Waals surface area (Å²) in [6, 6.07) is 11.7. The number of nitrogens with two attached hydrogens (primary N) is 1. The highest BCUT2D eigenvalue weighted by Gasteiger charge is 2.32. The molecule has 1 saturated carbocycles. The van der Waals surface area contributed by atoms with E-state index in [9.17, 15) is 9.59 Å². The number of carbonyl (C=O) groups is 2. The van der Waals surface area contributed by atoms with Crippen LogP contribution in [-0.2, 0) is 23.1 Å². The second-order valence-corrected chi connectivity index (χ2v) is 12.6. The summed E-state index contributed by atoms with van der Waals surface area (Å²) in [5, 5.41) is 1.10. The van der Waals surface area contributed by atoms with Crippen molar-refractivity contribution >= 4 is 33.9 Å². The van der Waals surface area contributed by atoms with E-state index in [1.54, 1.807) is 4.90 Å². The van der Waals surface area contributed by atoms with Gasteiger partial charge in [0, 0.05) is 49.9 Å². The minimum Gasteiger partial charge on any atom is -0.460 e. The Bertz CT molecular complexity index is 1590. The number of esters is 1. The molecule has 2 fully saturated rings. The number of rotatable bonds is 6. The monoisotopic (exact) mass is 542 g/mol. The largest absolute Gasteiger partial charge is 0.460 e. The maximum Gasteiger partial charge on any atom is 0.306 e. The van der Waals surface area contributed by atoms with Gasteiger partial charge in [0.15, 0.2) is 5.82 Å². The molecule has 3 aromatic heterocycles. The molecule has 2 aliphatic rings. The summed E-state index contributed by atoms with van der Waals surface area (Å²) in [5.41, 5.74) is 10.1. The molecule has 210 valence electrons. The van der Waals surface area contributed by atoms with Crippen molar-refractivity contribution in [1.82, 2.24) is 24.0 Å². The molecule has 9 nitrogen and oxygen atoms in total. The summed E-state index contributed by atoms with van der Waals surface area (Å²) < 4.78 is 9.89. The van der Waals surface area contributed by atoms with Crippen LogP contribution in [0.1, 0.15) is 56.8 Å². The number of likely N-dealkylation sites (tertiary alicyclic amines) is 1. The molecule has 4 aromatic rings. The van der Waals surface area contributed by atoms with Crippen LogP contribution in [0.3, 0.4) is 0 Å². The first-order valence-electron chi connectivity index (χ1n) is 14.2. The van der Waals surface area contributed by atoms with Crippen molar-refractivity contribution in [3.05, 3.63) is 48.2 Å². The van der Waals surface area contributed by atoms with Gasteiger partial charge in [-0.1, -0.05) is 0 Å². The maximum absolute atomic E-state index is 13.6. The van der Waals surface area contributed by atoms with Crippen molar-refractivity contribution < 1.29 is 14.3 Å². The minimum atomic E-state index is -0.539. The fourth-order valence-corrected chi connectivity index (χ4v) is 5.94. The molecule has 2 N–H and O–H groups in total. The summed E-state index contributed by atoms with van der Waals surface area (Å²) in [7, 11) is 2.02. The molecule has 1 amide bonds. The standard InChI is InChI=1S/C31H38N6O3/c1-31(2,3)40-27(38)13-20-12-23(32)18-36(16-20)30(39)22-9-10-25-24(14-22)34-29(35(25)4)26-15-21-6-5-11-33-28(21)37(26)17-19-7-8-19/h5-6,9-11,14-15,19-20,23H,7-8,12-13,16-18,32H2,1-4H3/t20-,23-/m0/s1. The Balaban J connectivity index is 1.27. The van der Waals surface area contributed by atoms with Crippen molar-refractivity contribution in [3.8, 4) is 11.5 Å². The Kier molecular flexibility index (Phi) is 6.65. The highest BCUT2D eigenvalue weighted by molar-refractivity contribution is 5.98. The third-order valence-corrected chi connectivity index (χ3v) is 7.88. The third-order valence-electron chi connectivity index (χ3n) is 7.88. The van der Waals surface area contributed by atoms with Crippen LogP contribution in [0.5, 0.6) is 0 Å². The van der Waals surface area contributed by atoms with E-state index in [0.29, 0.717) is 31.0 Å². The van der Waals surface area contributed by atoms with E-state index in [4.69, 9.17) is 15.5 Å². The van der Waals surface area contributed by atoms with Crippen LogP contribution >= 0.6 is 0 Å². The number of aromatic nitrogens is 4. The molecular formula is C31H38N6O3. The first kappa shape index (κ1) is 26.5. The van der Waals surface area contributed by atoms with Gasteiger partial charge < -0.3 is 24.5 Å². The first-order valence-corrected chi connectivity index (χ1v) is 14.2. The van der Waals surface area contributed by atoms with E-state index in [-0.39, 0.29) is 30.3 Å². The molecule has 4 heterocycles. The maximum atomic E-state index is 13.6. The van der Waals surface area contributed by atoms with Crippen LogP contribution in [0.2, 0.25) is 0 Å². The van der Waals surface area contributed by atoms with Gasteiger partial charge in [-0.3, -0.25) is 9.59 Å². The number of fused-ring (bicyclic) bond motifs is 2. The second-order valence-electron chi connectivity index (χ2n) is 12.6. The molecule has 0 radical (unpaired) electrons. The molecule has 1 aliphatic carbocycles. The van der Waals surface area contributed by atoms with Crippen LogP contribution in [0.15, 0.2) is 42.6 Å². The number of aryl methyl sites for hydroxylation is 1. The number of benzene rings is 1. The predicted molar refractivity (Wildman–Crippen MR) is 155 cm³/mol. The molecule has 2 atom stereocenters. The van der Waals surface area contributed by atoms with E-state index < -0.39 is 5.60 Å². The minimum absolute atomic E-state index is 0.0327. The summed E-state index contributed by atoms with van der Waals surface area (Å²) in [5.74, 6) is 1.16. The number of ether oxygens (including phenoxy) is 1. The normalized spacial score (nSPS) is 19.9. The van der Waals surface area contributed by atoms with Crippen LogP contribution in [0.25, 0.3) is 33.6 Å². The van der Waals surface area contributed by atoms with Gasteiger partial charge in [-0.15, -0.1) is 0 Å². The summed E-state index contributed by atoms with van der Waals surface area (Å²) in [6.45, 7) is 7.44. The lowest BCUT2D eigenvalue weighted by molar-refractivity contribution is -0.156. The van der Waals surface area contributed by atoms with Gasteiger partial charge >= 0.3 is 5.97 Å². The molecule has 0 unspecified atom stereocenters. The van der Waals surface area contributed by atoms with Gasteiger partial charge in [-0.25, -0.2) is 9.97 Å². The third kappa shape index (κ3) is 5.35. The lowest BCUT2D eigenvalue weighted by atomic mass is 9.91. The smallest absolute Gasteiger partial charge is 0.306 e. The quantitative estimate of drug-likeness (QED) is 0.359. The molecule has 40 heavy (non-hydrogen) atoms. The fourth-order valence-electron chi connectivity index (χ4n) is 5.94. The lowest BCUT2D eigenvalue weighted by Gasteiger charge is -2.36. The average molecular weight is 543 g/mol. The van der Waals surface area contributed by atoms with Crippen LogP contribution in [-0.4, -0.2) is 60.6 Å². The number of imidazole rings is 1. The number of hydrogen-bond donors (Lipinski definition) is 1. The Morgan fingerprint density at radius 2 is 1.90 bits per heavy atom. The van der Waals surface area contributed by atoms with E-state index in [0.717, 1.165) is 40.1 Å². The van der Waals surface area contributed by atoms with Crippen molar-refractivity contribution in [1.29, 1.82) is 0 Å². The number of pyridine rings is 1. The van der Waals surface area contributed by atoms with Crippen molar-refractivity contribution in [3.63, 3.8) is 0 Å². The van der Waals surface area contributed by atoms with E-state index in [1.807, 2.05) is 58.3 Å². The first-order chi connectivity index (χ1) is 19.1. The zero-order valence-corrected chi connectivity index (χ0v) is 23.8. The number of carbonyl (C=O) groups excluding carboxylic acids is 2. The Labute approximate surface area is 234 Å². The molecular weight excluding hydrogens is 504 g/mol. The zero-order valence-electron chi connectivity index (χ0n) is 23.8. The summed E-state index contributed by atoms with van der Waals surface area (Å²) >= 11 is 0. The molecule has 0 spiro atoms. The van der Waals surface area contributed by atoms with Crippen LogP contribution in [0.4, 0.5) is 0 Å². The zero-order chi connectivity index (χ0) is 28.2.